The minimum Gasteiger partial charge on any atom is -0.397 e. The van der Waals surface area contributed by atoms with Crippen LogP contribution in [0.25, 0.3) is 22.4 Å². The molecule has 3 rings (SSSR count). The Bertz CT molecular complexity index is 633. The molecule has 6 nitrogen and oxygen atoms in total. The van der Waals surface area contributed by atoms with Gasteiger partial charge in [-0.3, -0.25) is 0 Å². The van der Waals surface area contributed by atoms with Crippen molar-refractivity contribution in [1.82, 2.24) is 20.1 Å². The number of nitrogens with two attached hydrogens (primary N) is 1. The fraction of sp³-hybridized carbons (Fsp3) is 0. The second kappa shape index (κ2) is 3.95. The van der Waals surface area contributed by atoms with E-state index in [0.29, 0.717) is 23.2 Å². The standard InChI is InChI=1S/C10H7N5OS/c11-6-2-5-17-7(6)10-14-9(15-16-10)8-12-3-1-4-13-8/h1-5H,11H2. The first-order valence-corrected chi connectivity index (χ1v) is 5.67. The van der Waals surface area contributed by atoms with Gasteiger partial charge in [-0.05, 0) is 17.5 Å². The number of hydrogen-bond donors (Lipinski definition) is 1. The van der Waals surface area contributed by atoms with Gasteiger partial charge in [0.2, 0.25) is 11.6 Å². The maximum atomic E-state index is 5.77. The summed E-state index contributed by atoms with van der Waals surface area (Å²) in [6.07, 6.45) is 3.25. The second-order valence-corrected chi connectivity index (χ2v) is 4.12. The Hall–Kier alpha value is -2.28. The van der Waals surface area contributed by atoms with Gasteiger partial charge in [-0.25, -0.2) is 9.97 Å². The highest BCUT2D eigenvalue weighted by Crippen LogP contribution is 2.30. The maximum absolute atomic E-state index is 5.77. The van der Waals surface area contributed by atoms with Gasteiger partial charge >= 0.3 is 0 Å². The smallest absolute Gasteiger partial charge is 0.270 e. The summed E-state index contributed by atoms with van der Waals surface area (Å²) in [6, 6.07) is 3.52. The summed E-state index contributed by atoms with van der Waals surface area (Å²) in [6.45, 7) is 0. The molecule has 3 aromatic rings. The van der Waals surface area contributed by atoms with E-state index in [0.717, 1.165) is 4.88 Å². The van der Waals surface area contributed by atoms with E-state index in [9.17, 15) is 0 Å². The van der Waals surface area contributed by atoms with Gasteiger partial charge in [0, 0.05) is 12.4 Å². The average Bonchev–Trinajstić information content (AvgIpc) is 2.98. The number of nitrogen functional groups attached to an aromatic ring is 1. The van der Waals surface area contributed by atoms with Crippen LogP contribution in [0.4, 0.5) is 5.69 Å². The van der Waals surface area contributed by atoms with Crippen LogP contribution in [0, 0.1) is 0 Å². The fourth-order valence-electron chi connectivity index (χ4n) is 1.31. The average molecular weight is 245 g/mol. The van der Waals surface area contributed by atoms with Crippen molar-refractivity contribution in [2.45, 2.75) is 0 Å². The highest BCUT2D eigenvalue weighted by Gasteiger charge is 2.15. The van der Waals surface area contributed by atoms with Gasteiger partial charge in [0.05, 0.1) is 5.69 Å². The lowest BCUT2D eigenvalue weighted by Crippen LogP contribution is -1.88. The van der Waals surface area contributed by atoms with Gasteiger partial charge in [-0.15, -0.1) is 11.3 Å². The summed E-state index contributed by atoms with van der Waals surface area (Å²) in [5, 5.41) is 5.69. The maximum Gasteiger partial charge on any atom is 0.270 e. The highest BCUT2D eigenvalue weighted by molar-refractivity contribution is 7.14. The topological polar surface area (TPSA) is 90.7 Å². The molecule has 0 aliphatic carbocycles. The summed E-state index contributed by atoms with van der Waals surface area (Å²) in [4.78, 5) is 13.1. The van der Waals surface area contributed by atoms with E-state index < -0.39 is 0 Å². The molecular formula is C10H7N5OS. The molecule has 0 spiro atoms. The third kappa shape index (κ3) is 1.76. The summed E-state index contributed by atoms with van der Waals surface area (Å²) in [5.74, 6) is 1.17. The van der Waals surface area contributed by atoms with Crippen LogP contribution in [0.3, 0.4) is 0 Å². The summed E-state index contributed by atoms with van der Waals surface area (Å²) < 4.78 is 5.13. The summed E-state index contributed by atoms with van der Waals surface area (Å²) >= 11 is 1.45. The van der Waals surface area contributed by atoms with E-state index >= 15 is 0 Å². The Morgan fingerprint density at radius 2 is 2.00 bits per heavy atom. The first kappa shape index (κ1) is 9.91. The molecule has 0 bridgehead atoms. The molecule has 3 heterocycles. The zero-order chi connectivity index (χ0) is 11.7. The molecular weight excluding hydrogens is 238 g/mol. The van der Waals surface area contributed by atoms with E-state index in [1.807, 2.05) is 5.38 Å². The zero-order valence-electron chi connectivity index (χ0n) is 8.57. The first-order valence-electron chi connectivity index (χ1n) is 4.79. The van der Waals surface area contributed by atoms with E-state index in [1.54, 1.807) is 24.5 Å². The van der Waals surface area contributed by atoms with Gasteiger partial charge in [-0.1, -0.05) is 5.16 Å². The Kier molecular flexibility index (Phi) is 2.30. The largest absolute Gasteiger partial charge is 0.397 e. The van der Waals surface area contributed by atoms with Crippen molar-refractivity contribution in [2.24, 2.45) is 0 Å². The molecule has 0 saturated heterocycles. The molecule has 0 fully saturated rings. The van der Waals surface area contributed by atoms with Crippen molar-refractivity contribution in [2.75, 3.05) is 5.73 Å². The number of anilines is 1. The van der Waals surface area contributed by atoms with E-state index in [4.69, 9.17) is 10.3 Å². The highest BCUT2D eigenvalue weighted by atomic mass is 32.1. The number of aromatic nitrogens is 4. The van der Waals surface area contributed by atoms with Crippen LogP contribution in [0.15, 0.2) is 34.4 Å². The number of nitrogens with zero attached hydrogens (tertiary/aromatic N) is 4. The van der Waals surface area contributed by atoms with Crippen molar-refractivity contribution < 1.29 is 4.52 Å². The minimum atomic E-state index is 0.355. The molecule has 0 aliphatic heterocycles. The number of hydrogen-bond acceptors (Lipinski definition) is 7. The van der Waals surface area contributed by atoms with Gasteiger partial charge < -0.3 is 10.3 Å². The molecule has 0 saturated carbocycles. The lowest BCUT2D eigenvalue weighted by molar-refractivity contribution is 0.433. The minimum absolute atomic E-state index is 0.355. The zero-order valence-corrected chi connectivity index (χ0v) is 9.39. The Morgan fingerprint density at radius 3 is 2.71 bits per heavy atom. The van der Waals surface area contributed by atoms with Crippen molar-refractivity contribution in [3.63, 3.8) is 0 Å². The van der Waals surface area contributed by atoms with Gasteiger partial charge in [0.15, 0.2) is 0 Å². The Labute approximate surface area is 100 Å². The van der Waals surface area contributed by atoms with Crippen LogP contribution in [0.1, 0.15) is 0 Å². The van der Waals surface area contributed by atoms with Crippen LogP contribution in [0.5, 0.6) is 0 Å². The van der Waals surface area contributed by atoms with Crippen LogP contribution < -0.4 is 5.73 Å². The lowest BCUT2D eigenvalue weighted by Gasteiger charge is -1.90. The molecule has 0 radical (unpaired) electrons. The molecule has 0 amide bonds. The molecule has 0 aliphatic rings. The normalized spacial score (nSPS) is 10.6. The second-order valence-electron chi connectivity index (χ2n) is 3.20. The van der Waals surface area contributed by atoms with Crippen molar-refractivity contribution >= 4 is 17.0 Å². The molecule has 3 aromatic heterocycles. The fourth-order valence-corrected chi connectivity index (χ4v) is 2.05. The van der Waals surface area contributed by atoms with E-state index in [1.165, 1.54) is 11.3 Å². The Morgan fingerprint density at radius 1 is 1.18 bits per heavy atom. The first-order chi connectivity index (χ1) is 8.34. The van der Waals surface area contributed by atoms with Crippen molar-refractivity contribution in [1.29, 1.82) is 0 Å². The quantitative estimate of drug-likeness (QED) is 0.740. The van der Waals surface area contributed by atoms with Crippen LogP contribution in [-0.4, -0.2) is 20.1 Å². The summed E-state index contributed by atoms with van der Waals surface area (Å²) in [5.41, 5.74) is 6.40. The molecule has 17 heavy (non-hydrogen) atoms. The SMILES string of the molecule is Nc1ccsc1-c1nc(-c2ncccn2)no1. The summed E-state index contributed by atoms with van der Waals surface area (Å²) in [7, 11) is 0. The van der Waals surface area contributed by atoms with Crippen molar-refractivity contribution in [3.05, 3.63) is 29.9 Å². The molecule has 0 unspecified atom stereocenters. The van der Waals surface area contributed by atoms with Gasteiger partial charge in [-0.2, -0.15) is 4.98 Å². The third-order valence-corrected chi connectivity index (χ3v) is 3.00. The number of thiophene rings is 1. The lowest BCUT2D eigenvalue weighted by atomic mass is 10.4. The third-order valence-electron chi connectivity index (χ3n) is 2.08. The molecule has 0 aromatic carbocycles. The van der Waals surface area contributed by atoms with Gasteiger partial charge in [0.1, 0.15) is 4.88 Å². The van der Waals surface area contributed by atoms with E-state index in [-0.39, 0.29) is 0 Å². The number of rotatable bonds is 2. The van der Waals surface area contributed by atoms with E-state index in [2.05, 4.69) is 20.1 Å². The predicted octanol–water partition coefficient (Wildman–Crippen LogP) is 1.84. The molecule has 2 N–H and O–H groups in total. The monoisotopic (exact) mass is 245 g/mol. The molecule has 84 valence electrons. The molecule has 7 heteroatoms. The molecule has 0 atom stereocenters. The Balaban J connectivity index is 2.02. The van der Waals surface area contributed by atoms with Crippen LogP contribution in [-0.2, 0) is 0 Å². The van der Waals surface area contributed by atoms with Crippen molar-refractivity contribution in [3.8, 4) is 22.4 Å². The van der Waals surface area contributed by atoms with Crippen LogP contribution in [0.2, 0.25) is 0 Å². The van der Waals surface area contributed by atoms with Gasteiger partial charge in [0.25, 0.3) is 5.89 Å². The predicted molar refractivity (Wildman–Crippen MR) is 63.0 cm³/mol. The van der Waals surface area contributed by atoms with Crippen LogP contribution >= 0.6 is 11.3 Å².